The minimum atomic E-state index is -0.804. The van der Waals surface area contributed by atoms with Crippen molar-refractivity contribution in [1.29, 1.82) is 5.26 Å². The molecule has 0 unspecified atom stereocenters. The molecule has 0 bridgehead atoms. The zero-order valence-electron chi connectivity index (χ0n) is 7.96. The molecule has 0 aliphatic carbocycles. The van der Waals surface area contributed by atoms with Crippen LogP contribution in [0.25, 0.3) is 16.5 Å². The summed E-state index contributed by atoms with van der Waals surface area (Å²) >= 11 is 5.18. The topological polar surface area (TPSA) is 89.6 Å². The second-order valence-corrected chi connectivity index (χ2v) is 3.07. The fourth-order valence-corrected chi connectivity index (χ4v) is 1.09. The van der Waals surface area contributed by atoms with Gasteiger partial charge < -0.3 is 0 Å². The predicted molar refractivity (Wildman–Crippen MR) is 59.7 cm³/mol. The summed E-state index contributed by atoms with van der Waals surface area (Å²) in [6, 6.07) is 8.05. The van der Waals surface area contributed by atoms with Crippen LogP contribution in [0.15, 0.2) is 35.0 Å². The lowest BCUT2D eigenvalue weighted by atomic mass is 10.1. The van der Waals surface area contributed by atoms with Crippen LogP contribution < -0.4 is 0 Å². The number of rotatable bonds is 3. The van der Waals surface area contributed by atoms with Gasteiger partial charge in [0.2, 0.25) is 0 Å². The smallest absolute Gasteiger partial charge is 0.262 e. The van der Waals surface area contributed by atoms with E-state index in [4.69, 9.17) is 22.4 Å². The van der Waals surface area contributed by atoms with Crippen LogP contribution in [0.4, 0.5) is 5.69 Å². The summed E-state index contributed by atoms with van der Waals surface area (Å²) in [6.45, 7) is 0. The highest BCUT2D eigenvalue weighted by Crippen LogP contribution is 2.15. The number of allylic oxidation sites excluding steroid dienone is 1. The lowest BCUT2D eigenvalue weighted by Gasteiger charge is -1.95. The summed E-state index contributed by atoms with van der Waals surface area (Å²) in [7, 11) is 0. The van der Waals surface area contributed by atoms with Gasteiger partial charge in [0, 0.05) is 10.6 Å². The van der Waals surface area contributed by atoms with Crippen LogP contribution in [0.2, 0.25) is 0 Å². The Hall–Kier alpha value is -2.28. The van der Waals surface area contributed by atoms with Gasteiger partial charge in [0.1, 0.15) is 11.6 Å². The molecule has 0 fully saturated rings. The minimum absolute atomic E-state index is 0.141. The molecule has 0 aliphatic rings. The van der Waals surface area contributed by atoms with Gasteiger partial charge in [-0.1, -0.05) is 29.4 Å². The number of azide groups is 1. The quantitative estimate of drug-likeness (QED) is 0.200. The fraction of sp³-hybridized carbons (Fsp3) is 0. The van der Waals surface area contributed by atoms with Gasteiger partial charge in [-0.15, -0.1) is 0 Å². The standard InChI is InChI=1S/C10H5ClN4O/c11-10(16)8(6-12)5-7-1-3-9(4-2-7)14-15-13/h1-5H. The van der Waals surface area contributed by atoms with Crippen LogP contribution in [0.1, 0.15) is 5.56 Å². The van der Waals surface area contributed by atoms with E-state index < -0.39 is 5.24 Å². The van der Waals surface area contributed by atoms with Crippen molar-refractivity contribution in [2.24, 2.45) is 5.11 Å². The van der Waals surface area contributed by atoms with Crippen LogP contribution >= 0.6 is 11.6 Å². The van der Waals surface area contributed by atoms with Crippen molar-refractivity contribution in [2.45, 2.75) is 0 Å². The van der Waals surface area contributed by atoms with Crippen LogP contribution in [0.5, 0.6) is 0 Å². The Balaban J connectivity index is 3.04. The summed E-state index contributed by atoms with van der Waals surface area (Å²) in [6.07, 6.45) is 1.36. The summed E-state index contributed by atoms with van der Waals surface area (Å²) in [5, 5.41) is 11.2. The number of nitriles is 1. The van der Waals surface area contributed by atoms with Crippen molar-refractivity contribution in [3.63, 3.8) is 0 Å². The number of carbonyl (C=O) groups is 1. The minimum Gasteiger partial charge on any atom is -0.275 e. The molecule has 0 aliphatic heterocycles. The van der Waals surface area contributed by atoms with E-state index in [1.807, 2.05) is 0 Å². The molecule has 0 atom stereocenters. The lowest BCUT2D eigenvalue weighted by molar-refractivity contribution is -0.108. The SMILES string of the molecule is N#CC(=Cc1ccc(N=[N+]=[N-])cc1)C(=O)Cl. The van der Waals surface area contributed by atoms with Gasteiger partial charge in [-0.2, -0.15) is 5.26 Å². The first-order valence-corrected chi connectivity index (χ1v) is 4.52. The third-order valence-corrected chi connectivity index (χ3v) is 1.90. The van der Waals surface area contributed by atoms with E-state index in [0.29, 0.717) is 11.3 Å². The monoisotopic (exact) mass is 232 g/mol. The van der Waals surface area contributed by atoms with Crippen molar-refractivity contribution in [1.82, 2.24) is 0 Å². The molecule has 0 saturated carbocycles. The summed E-state index contributed by atoms with van der Waals surface area (Å²) < 4.78 is 0. The van der Waals surface area contributed by atoms with E-state index in [2.05, 4.69) is 10.0 Å². The molecule has 0 amide bonds. The first kappa shape index (κ1) is 11.8. The zero-order valence-corrected chi connectivity index (χ0v) is 8.72. The van der Waals surface area contributed by atoms with Gasteiger partial charge >= 0.3 is 0 Å². The highest BCUT2D eigenvalue weighted by atomic mass is 35.5. The molecular weight excluding hydrogens is 228 g/mol. The average molecular weight is 233 g/mol. The molecule has 1 rings (SSSR count). The Morgan fingerprint density at radius 1 is 1.50 bits per heavy atom. The highest BCUT2D eigenvalue weighted by molar-refractivity contribution is 6.68. The number of nitrogens with zero attached hydrogens (tertiary/aromatic N) is 4. The van der Waals surface area contributed by atoms with Crippen LogP contribution in [0.3, 0.4) is 0 Å². The second kappa shape index (κ2) is 5.56. The molecule has 1 aromatic carbocycles. The van der Waals surface area contributed by atoms with Crippen molar-refractivity contribution in [2.75, 3.05) is 0 Å². The van der Waals surface area contributed by atoms with Crippen molar-refractivity contribution < 1.29 is 4.79 Å². The summed E-state index contributed by atoms with van der Waals surface area (Å²) in [4.78, 5) is 13.4. The maximum Gasteiger partial charge on any atom is 0.262 e. The maximum atomic E-state index is 10.8. The van der Waals surface area contributed by atoms with Crippen LogP contribution in [-0.2, 0) is 4.79 Å². The predicted octanol–water partition coefficient (Wildman–Crippen LogP) is 3.30. The average Bonchev–Trinajstić information content (AvgIpc) is 2.28. The number of halogens is 1. The third-order valence-electron chi connectivity index (χ3n) is 1.70. The summed E-state index contributed by atoms with van der Waals surface area (Å²) in [5.74, 6) is 0. The van der Waals surface area contributed by atoms with E-state index >= 15 is 0 Å². The summed E-state index contributed by atoms with van der Waals surface area (Å²) in [5.41, 5.74) is 9.13. The lowest BCUT2D eigenvalue weighted by Crippen LogP contribution is -1.89. The molecule has 0 radical (unpaired) electrons. The zero-order chi connectivity index (χ0) is 12.0. The Labute approximate surface area is 96.2 Å². The molecule has 5 nitrogen and oxygen atoms in total. The van der Waals surface area contributed by atoms with Gasteiger partial charge in [-0.25, -0.2) is 0 Å². The molecule has 0 saturated heterocycles. The fourth-order valence-electron chi connectivity index (χ4n) is 0.988. The van der Waals surface area contributed by atoms with E-state index in [-0.39, 0.29) is 5.57 Å². The van der Waals surface area contributed by atoms with Gasteiger partial charge in [-0.05, 0) is 28.8 Å². The van der Waals surface area contributed by atoms with Crippen LogP contribution in [0, 0.1) is 11.3 Å². The van der Waals surface area contributed by atoms with Gasteiger partial charge in [0.15, 0.2) is 0 Å². The normalized spacial score (nSPS) is 10.1. The van der Waals surface area contributed by atoms with Crippen molar-refractivity contribution >= 4 is 28.6 Å². The maximum absolute atomic E-state index is 10.8. The largest absolute Gasteiger partial charge is 0.275 e. The van der Waals surface area contributed by atoms with Gasteiger partial charge in [-0.3, -0.25) is 4.79 Å². The van der Waals surface area contributed by atoms with E-state index in [1.165, 1.54) is 6.08 Å². The Morgan fingerprint density at radius 3 is 2.56 bits per heavy atom. The second-order valence-electron chi connectivity index (χ2n) is 2.72. The van der Waals surface area contributed by atoms with E-state index in [9.17, 15) is 4.79 Å². The molecular formula is C10H5ClN4O. The third kappa shape index (κ3) is 3.14. The number of hydrogen-bond acceptors (Lipinski definition) is 3. The molecule has 6 heteroatoms. The Morgan fingerprint density at radius 2 is 2.12 bits per heavy atom. The molecule has 0 heterocycles. The first-order chi connectivity index (χ1) is 7.67. The van der Waals surface area contributed by atoms with Crippen molar-refractivity contribution in [3.05, 3.63) is 45.8 Å². The molecule has 16 heavy (non-hydrogen) atoms. The van der Waals surface area contributed by atoms with Crippen molar-refractivity contribution in [3.8, 4) is 6.07 Å². The van der Waals surface area contributed by atoms with E-state index in [1.54, 1.807) is 30.3 Å². The Bertz CT molecular complexity index is 521. The van der Waals surface area contributed by atoms with Crippen LogP contribution in [-0.4, -0.2) is 5.24 Å². The van der Waals surface area contributed by atoms with Gasteiger partial charge in [0.05, 0.1) is 0 Å². The number of benzene rings is 1. The number of carbonyl (C=O) groups excluding carboxylic acids is 1. The molecule has 0 spiro atoms. The first-order valence-electron chi connectivity index (χ1n) is 4.14. The highest BCUT2D eigenvalue weighted by Gasteiger charge is 2.04. The molecule has 1 aromatic rings. The number of hydrogen-bond donors (Lipinski definition) is 0. The molecule has 78 valence electrons. The Kier molecular flexibility index (Phi) is 4.10. The van der Waals surface area contributed by atoms with Gasteiger partial charge in [0.25, 0.3) is 5.24 Å². The molecule has 0 aromatic heterocycles. The molecule has 0 N–H and O–H groups in total. The van der Waals surface area contributed by atoms with E-state index in [0.717, 1.165) is 0 Å².